The molecule has 1 atom stereocenters. The van der Waals surface area contributed by atoms with Crippen LogP contribution >= 0.6 is 0 Å². The molecule has 1 aromatic carbocycles. The Morgan fingerprint density at radius 3 is 2.42 bits per heavy atom. The first-order valence-electron chi connectivity index (χ1n) is 11.2. The number of nitrogens with one attached hydrogen (secondary N) is 1. The van der Waals surface area contributed by atoms with Gasteiger partial charge in [-0.05, 0) is 31.2 Å². The van der Waals surface area contributed by atoms with Gasteiger partial charge in [0.05, 0.1) is 24.3 Å². The Hall–Kier alpha value is -4.54. The fourth-order valence-electron chi connectivity index (χ4n) is 3.47. The van der Waals surface area contributed by atoms with Crippen molar-refractivity contribution in [3.05, 3.63) is 65.9 Å². The molecule has 4 rings (SSSR count). The van der Waals surface area contributed by atoms with Gasteiger partial charge in [-0.2, -0.15) is 0 Å². The van der Waals surface area contributed by atoms with Gasteiger partial charge in [-0.1, -0.05) is 0 Å². The molecule has 0 radical (unpaired) electrons. The van der Waals surface area contributed by atoms with Gasteiger partial charge in [0.15, 0.2) is 11.9 Å². The van der Waals surface area contributed by atoms with E-state index < -0.39 is 12.0 Å². The number of amides is 3. The van der Waals surface area contributed by atoms with E-state index in [1.54, 1.807) is 57.4 Å². The van der Waals surface area contributed by atoms with Crippen LogP contribution in [0.2, 0.25) is 0 Å². The van der Waals surface area contributed by atoms with Crippen molar-refractivity contribution in [2.45, 2.75) is 19.4 Å². The zero-order chi connectivity index (χ0) is 25.8. The molecule has 1 N–H and O–H groups in total. The molecule has 0 spiro atoms. The SMILES string of the molecule is Cc1cnc(NC(=O)c2cc(Oc3ccc(C(=O)N(C)C)nc3)cc(O[C@H]3CCN(C)C3=O)c2)cn1. The summed E-state index contributed by atoms with van der Waals surface area (Å²) in [7, 11) is 4.99. The summed E-state index contributed by atoms with van der Waals surface area (Å²) in [6, 6.07) is 7.81. The number of hydrogen-bond donors (Lipinski definition) is 1. The van der Waals surface area contributed by atoms with Gasteiger partial charge in [-0.3, -0.25) is 19.4 Å². The molecule has 3 heterocycles. The summed E-state index contributed by atoms with van der Waals surface area (Å²) in [6.07, 6.45) is 4.30. The van der Waals surface area contributed by atoms with Crippen LogP contribution in [0.3, 0.4) is 0 Å². The van der Waals surface area contributed by atoms with E-state index in [-0.39, 0.29) is 28.9 Å². The maximum Gasteiger partial charge on any atom is 0.271 e. The summed E-state index contributed by atoms with van der Waals surface area (Å²) in [5.74, 6) is 0.415. The van der Waals surface area contributed by atoms with Crippen LogP contribution in [0.25, 0.3) is 0 Å². The van der Waals surface area contributed by atoms with E-state index in [1.165, 1.54) is 29.4 Å². The molecule has 3 amide bonds. The average molecular weight is 491 g/mol. The molecule has 186 valence electrons. The number of aromatic nitrogens is 3. The molecule has 1 aliphatic rings. The number of likely N-dealkylation sites (tertiary alicyclic amines) is 1. The van der Waals surface area contributed by atoms with Gasteiger partial charge >= 0.3 is 0 Å². The van der Waals surface area contributed by atoms with Crippen LogP contribution < -0.4 is 14.8 Å². The van der Waals surface area contributed by atoms with Crippen molar-refractivity contribution in [3.63, 3.8) is 0 Å². The summed E-state index contributed by atoms with van der Waals surface area (Å²) >= 11 is 0. The van der Waals surface area contributed by atoms with E-state index in [4.69, 9.17) is 9.47 Å². The number of carbonyl (C=O) groups is 3. The quantitative estimate of drug-likeness (QED) is 0.535. The number of nitrogens with zero attached hydrogens (tertiary/aromatic N) is 5. The molecule has 36 heavy (non-hydrogen) atoms. The van der Waals surface area contributed by atoms with Gasteiger partial charge in [0.25, 0.3) is 17.7 Å². The van der Waals surface area contributed by atoms with Crippen molar-refractivity contribution in [1.82, 2.24) is 24.8 Å². The Balaban J connectivity index is 1.59. The largest absolute Gasteiger partial charge is 0.480 e. The average Bonchev–Trinajstić information content (AvgIpc) is 3.17. The number of aryl methyl sites for hydroxylation is 1. The molecule has 0 bridgehead atoms. The number of rotatable bonds is 7. The minimum atomic E-state index is -0.651. The Morgan fingerprint density at radius 1 is 1.03 bits per heavy atom. The topological polar surface area (TPSA) is 127 Å². The number of benzene rings is 1. The molecule has 0 saturated carbocycles. The highest BCUT2D eigenvalue weighted by atomic mass is 16.5. The zero-order valence-corrected chi connectivity index (χ0v) is 20.4. The number of carbonyl (C=O) groups excluding carboxylic acids is 3. The lowest BCUT2D eigenvalue weighted by molar-refractivity contribution is -0.132. The molecular weight excluding hydrogens is 464 g/mol. The second-order valence-electron chi connectivity index (χ2n) is 8.53. The van der Waals surface area contributed by atoms with Crippen molar-refractivity contribution < 1.29 is 23.9 Å². The Morgan fingerprint density at radius 2 is 1.81 bits per heavy atom. The lowest BCUT2D eigenvalue weighted by Crippen LogP contribution is -2.29. The highest BCUT2D eigenvalue weighted by Crippen LogP contribution is 2.29. The van der Waals surface area contributed by atoms with Crippen LogP contribution in [0.4, 0.5) is 5.82 Å². The Bertz CT molecular complexity index is 1280. The molecule has 0 aliphatic carbocycles. The van der Waals surface area contributed by atoms with Crippen molar-refractivity contribution in [3.8, 4) is 17.2 Å². The maximum atomic E-state index is 13.0. The van der Waals surface area contributed by atoms with Crippen molar-refractivity contribution in [2.75, 3.05) is 33.0 Å². The minimum Gasteiger partial charge on any atom is -0.480 e. The molecule has 1 aliphatic heterocycles. The number of anilines is 1. The standard InChI is InChI=1S/C25H26N6O5/c1-15-12-28-22(14-26-15)29-23(32)16-9-18(11-19(10-16)36-21-7-8-31(4)25(21)34)35-17-5-6-20(27-13-17)24(33)30(2)3/h5-6,9-14,21H,7-8H2,1-4H3,(H,28,29,32)/t21-/m0/s1. The van der Waals surface area contributed by atoms with Gasteiger partial charge in [0, 0.05) is 45.7 Å². The third-order valence-electron chi connectivity index (χ3n) is 5.42. The normalized spacial score (nSPS) is 14.9. The molecule has 11 heteroatoms. The summed E-state index contributed by atoms with van der Waals surface area (Å²) in [4.78, 5) is 52.8. The van der Waals surface area contributed by atoms with Crippen LogP contribution in [-0.2, 0) is 4.79 Å². The van der Waals surface area contributed by atoms with E-state index in [0.29, 0.717) is 30.2 Å². The summed E-state index contributed by atoms with van der Waals surface area (Å²) < 4.78 is 11.8. The first-order chi connectivity index (χ1) is 17.2. The zero-order valence-electron chi connectivity index (χ0n) is 20.4. The Kier molecular flexibility index (Phi) is 7.09. The van der Waals surface area contributed by atoms with E-state index in [2.05, 4.69) is 20.3 Å². The van der Waals surface area contributed by atoms with Crippen LogP contribution in [0.5, 0.6) is 17.2 Å². The van der Waals surface area contributed by atoms with E-state index in [0.717, 1.165) is 5.69 Å². The number of pyridine rings is 1. The molecular formula is C25H26N6O5. The van der Waals surface area contributed by atoms with Gasteiger partial charge in [-0.15, -0.1) is 0 Å². The second kappa shape index (κ2) is 10.4. The van der Waals surface area contributed by atoms with E-state index >= 15 is 0 Å². The highest BCUT2D eigenvalue weighted by molar-refractivity contribution is 6.04. The first kappa shape index (κ1) is 24.6. The predicted octanol–water partition coefficient (Wildman–Crippen LogP) is 2.54. The van der Waals surface area contributed by atoms with Gasteiger partial charge in [0.1, 0.15) is 22.9 Å². The molecule has 0 unspecified atom stereocenters. The molecule has 2 aromatic heterocycles. The van der Waals surface area contributed by atoms with Crippen LogP contribution in [0, 0.1) is 6.92 Å². The summed E-state index contributed by atoms with van der Waals surface area (Å²) in [5.41, 5.74) is 1.22. The number of likely N-dealkylation sites (N-methyl/N-ethyl adjacent to an activating group) is 1. The fourth-order valence-corrected chi connectivity index (χ4v) is 3.47. The first-order valence-corrected chi connectivity index (χ1v) is 11.2. The molecule has 1 fully saturated rings. The minimum absolute atomic E-state index is 0.132. The van der Waals surface area contributed by atoms with Crippen LogP contribution in [0.1, 0.15) is 33.0 Å². The molecule has 3 aromatic rings. The predicted molar refractivity (Wildman–Crippen MR) is 130 cm³/mol. The van der Waals surface area contributed by atoms with Gasteiger partial charge in [-0.25, -0.2) is 9.97 Å². The highest BCUT2D eigenvalue weighted by Gasteiger charge is 2.31. The number of hydrogen-bond acceptors (Lipinski definition) is 8. The van der Waals surface area contributed by atoms with Crippen molar-refractivity contribution in [2.24, 2.45) is 0 Å². The van der Waals surface area contributed by atoms with Crippen LogP contribution in [0.15, 0.2) is 48.9 Å². The summed E-state index contributed by atoms with van der Waals surface area (Å²) in [6.45, 7) is 2.38. The van der Waals surface area contributed by atoms with Crippen molar-refractivity contribution >= 4 is 23.5 Å². The third kappa shape index (κ3) is 5.74. The van der Waals surface area contributed by atoms with E-state index in [1.807, 2.05) is 0 Å². The smallest absolute Gasteiger partial charge is 0.271 e. The lowest BCUT2D eigenvalue weighted by atomic mass is 10.1. The molecule has 11 nitrogen and oxygen atoms in total. The summed E-state index contributed by atoms with van der Waals surface area (Å²) in [5, 5.41) is 2.69. The van der Waals surface area contributed by atoms with E-state index in [9.17, 15) is 14.4 Å². The van der Waals surface area contributed by atoms with Crippen LogP contribution in [-0.4, -0.2) is 76.3 Å². The van der Waals surface area contributed by atoms with Gasteiger partial charge < -0.3 is 24.6 Å². The Labute approximate surface area is 208 Å². The fraction of sp³-hybridized carbons (Fsp3) is 0.280. The lowest BCUT2D eigenvalue weighted by Gasteiger charge is -2.16. The van der Waals surface area contributed by atoms with Gasteiger partial charge in [0.2, 0.25) is 0 Å². The maximum absolute atomic E-state index is 13.0. The molecule has 1 saturated heterocycles. The third-order valence-corrected chi connectivity index (χ3v) is 5.42. The number of ether oxygens (including phenoxy) is 2. The monoisotopic (exact) mass is 490 g/mol. The second-order valence-corrected chi connectivity index (χ2v) is 8.53. The van der Waals surface area contributed by atoms with Crippen molar-refractivity contribution in [1.29, 1.82) is 0 Å².